The van der Waals surface area contributed by atoms with E-state index in [0.29, 0.717) is 24.5 Å². The molecule has 0 saturated carbocycles. The molecule has 0 unspecified atom stereocenters. The van der Waals surface area contributed by atoms with Crippen molar-refractivity contribution in [2.24, 2.45) is 0 Å². The molecule has 0 atom stereocenters. The molecular weight excluding hydrogens is 256 g/mol. The van der Waals surface area contributed by atoms with Gasteiger partial charge in [0.25, 0.3) is 0 Å². The third-order valence-electron chi connectivity index (χ3n) is 2.43. The van der Waals surface area contributed by atoms with Crippen LogP contribution in [0.25, 0.3) is 6.08 Å². The summed E-state index contributed by atoms with van der Waals surface area (Å²) in [5.74, 6) is 0.333. The number of carboxylic acids is 1. The van der Waals surface area contributed by atoms with Gasteiger partial charge in [0.2, 0.25) is 0 Å². The summed E-state index contributed by atoms with van der Waals surface area (Å²) in [6, 6.07) is 5.37. The summed E-state index contributed by atoms with van der Waals surface area (Å²) in [7, 11) is 0. The van der Waals surface area contributed by atoms with E-state index in [1.807, 2.05) is 26.0 Å². The third-order valence-corrected chi connectivity index (χ3v) is 2.43. The third kappa shape index (κ3) is 5.61. The van der Waals surface area contributed by atoms with Gasteiger partial charge in [-0.25, -0.2) is 4.79 Å². The lowest BCUT2D eigenvalue weighted by molar-refractivity contribution is -0.131. The SMILES string of the molecule is C/C=C/COc1cc(OCCC)ccc1/C=C/C(=O)O. The van der Waals surface area contributed by atoms with Crippen LogP contribution >= 0.6 is 0 Å². The number of benzene rings is 1. The van der Waals surface area contributed by atoms with Gasteiger partial charge in [0, 0.05) is 17.7 Å². The first-order valence-electron chi connectivity index (χ1n) is 6.59. The Bertz CT molecular complexity index is 489. The van der Waals surface area contributed by atoms with E-state index in [2.05, 4.69) is 0 Å². The van der Waals surface area contributed by atoms with Gasteiger partial charge >= 0.3 is 5.97 Å². The van der Waals surface area contributed by atoms with Crippen molar-refractivity contribution in [3.63, 3.8) is 0 Å². The molecule has 108 valence electrons. The fourth-order valence-corrected chi connectivity index (χ4v) is 1.48. The van der Waals surface area contributed by atoms with Crippen LogP contribution in [0.2, 0.25) is 0 Å². The van der Waals surface area contributed by atoms with E-state index >= 15 is 0 Å². The molecule has 1 rings (SSSR count). The molecule has 4 heteroatoms. The first-order chi connectivity index (χ1) is 9.67. The Kier molecular flexibility index (Phi) is 6.96. The summed E-state index contributed by atoms with van der Waals surface area (Å²) >= 11 is 0. The zero-order valence-corrected chi connectivity index (χ0v) is 11.8. The van der Waals surface area contributed by atoms with Gasteiger partial charge in [0.1, 0.15) is 18.1 Å². The van der Waals surface area contributed by atoms with Crippen molar-refractivity contribution < 1.29 is 19.4 Å². The van der Waals surface area contributed by atoms with Crippen molar-refractivity contribution in [1.82, 2.24) is 0 Å². The van der Waals surface area contributed by atoms with Gasteiger partial charge in [0.15, 0.2) is 0 Å². The lowest BCUT2D eigenvalue weighted by atomic mass is 10.1. The number of hydrogen-bond donors (Lipinski definition) is 1. The fourth-order valence-electron chi connectivity index (χ4n) is 1.48. The minimum absolute atomic E-state index is 0.432. The van der Waals surface area contributed by atoms with E-state index < -0.39 is 5.97 Å². The van der Waals surface area contributed by atoms with Gasteiger partial charge in [-0.3, -0.25) is 0 Å². The smallest absolute Gasteiger partial charge is 0.328 e. The molecule has 0 saturated heterocycles. The molecule has 0 heterocycles. The summed E-state index contributed by atoms with van der Waals surface area (Å²) in [4.78, 5) is 10.6. The quantitative estimate of drug-likeness (QED) is 0.583. The van der Waals surface area contributed by atoms with Crippen LogP contribution in [-0.2, 0) is 4.79 Å². The van der Waals surface area contributed by atoms with Crippen LogP contribution in [-0.4, -0.2) is 24.3 Å². The van der Waals surface area contributed by atoms with Gasteiger partial charge in [0.05, 0.1) is 6.61 Å². The average Bonchev–Trinajstić information content (AvgIpc) is 2.44. The maximum Gasteiger partial charge on any atom is 0.328 e. The standard InChI is InChI=1S/C16H20O4/c1-3-5-11-20-15-12-14(19-10-4-2)8-6-13(15)7-9-16(17)18/h3,5-9,12H,4,10-11H2,1-2H3,(H,17,18)/b5-3+,9-7+. The van der Waals surface area contributed by atoms with Crippen LogP contribution in [0, 0.1) is 0 Å². The molecule has 0 aliphatic rings. The molecule has 0 aliphatic heterocycles. The van der Waals surface area contributed by atoms with Crippen molar-refractivity contribution in [1.29, 1.82) is 0 Å². The number of ether oxygens (including phenoxy) is 2. The number of allylic oxidation sites excluding steroid dienone is 1. The molecule has 0 radical (unpaired) electrons. The summed E-state index contributed by atoms with van der Waals surface area (Å²) in [6.45, 7) is 5.02. The number of aliphatic carboxylic acids is 1. The Balaban J connectivity index is 2.92. The number of rotatable bonds is 8. The molecule has 20 heavy (non-hydrogen) atoms. The second-order valence-corrected chi connectivity index (χ2v) is 4.10. The molecule has 0 amide bonds. The van der Waals surface area contributed by atoms with Crippen LogP contribution in [0.3, 0.4) is 0 Å². The summed E-state index contributed by atoms with van der Waals surface area (Å²) in [5, 5.41) is 8.69. The van der Waals surface area contributed by atoms with Crippen LogP contribution in [0.4, 0.5) is 0 Å². The largest absolute Gasteiger partial charge is 0.493 e. The van der Waals surface area contributed by atoms with Crippen molar-refractivity contribution in [3.05, 3.63) is 42.0 Å². The predicted molar refractivity (Wildman–Crippen MR) is 79.2 cm³/mol. The van der Waals surface area contributed by atoms with Crippen molar-refractivity contribution >= 4 is 12.0 Å². The van der Waals surface area contributed by atoms with E-state index in [1.54, 1.807) is 18.2 Å². The Hall–Kier alpha value is -2.23. The highest BCUT2D eigenvalue weighted by Crippen LogP contribution is 2.26. The van der Waals surface area contributed by atoms with Crippen molar-refractivity contribution in [3.8, 4) is 11.5 Å². The number of carbonyl (C=O) groups is 1. The van der Waals surface area contributed by atoms with Crippen LogP contribution in [0.5, 0.6) is 11.5 Å². The molecule has 0 aliphatic carbocycles. The molecule has 1 aromatic rings. The van der Waals surface area contributed by atoms with E-state index in [1.165, 1.54) is 6.08 Å². The van der Waals surface area contributed by atoms with E-state index in [4.69, 9.17) is 14.6 Å². The predicted octanol–water partition coefficient (Wildman–Crippen LogP) is 3.53. The normalized spacial score (nSPS) is 11.1. The number of hydrogen-bond acceptors (Lipinski definition) is 3. The fraction of sp³-hybridized carbons (Fsp3) is 0.312. The molecule has 0 aromatic heterocycles. The van der Waals surface area contributed by atoms with Gasteiger partial charge in [-0.15, -0.1) is 0 Å². The highest BCUT2D eigenvalue weighted by Gasteiger charge is 2.04. The minimum atomic E-state index is -0.990. The van der Waals surface area contributed by atoms with E-state index in [9.17, 15) is 4.79 Å². The van der Waals surface area contributed by atoms with Crippen LogP contribution in [0.1, 0.15) is 25.8 Å². The van der Waals surface area contributed by atoms with Crippen molar-refractivity contribution in [2.45, 2.75) is 20.3 Å². The second-order valence-electron chi connectivity index (χ2n) is 4.10. The van der Waals surface area contributed by atoms with Gasteiger partial charge < -0.3 is 14.6 Å². The van der Waals surface area contributed by atoms with Crippen LogP contribution < -0.4 is 9.47 Å². The lowest BCUT2D eigenvalue weighted by Crippen LogP contribution is -1.99. The maximum atomic E-state index is 10.6. The first kappa shape index (κ1) is 15.8. The molecule has 0 spiro atoms. The van der Waals surface area contributed by atoms with Crippen LogP contribution in [0.15, 0.2) is 36.4 Å². The Morgan fingerprint density at radius 1 is 1.35 bits per heavy atom. The summed E-state index contributed by atoms with van der Waals surface area (Å²) < 4.78 is 11.2. The van der Waals surface area contributed by atoms with Gasteiger partial charge in [-0.1, -0.05) is 19.1 Å². The van der Waals surface area contributed by atoms with E-state index in [0.717, 1.165) is 18.2 Å². The lowest BCUT2D eigenvalue weighted by Gasteiger charge is -2.11. The maximum absolute atomic E-state index is 10.6. The summed E-state index contributed by atoms with van der Waals surface area (Å²) in [5.41, 5.74) is 0.709. The molecular formula is C16H20O4. The minimum Gasteiger partial charge on any atom is -0.493 e. The Morgan fingerprint density at radius 2 is 2.15 bits per heavy atom. The Labute approximate surface area is 119 Å². The molecule has 1 N–H and O–H groups in total. The monoisotopic (exact) mass is 276 g/mol. The van der Waals surface area contributed by atoms with Crippen molar-refractivity contribution in [2.75, 3.05) is 13.2 Å². The Morgan fingerprint density at radius 3 is 2.80 bits per heavy atom. The number of carboxylic acid groups (broad SMARTS) is 1. The average molecular weight is 276 g/mol. The zero-order chi connectivity index (χ0) is 14.8. The summed E-state index contributed by atoms with van der Waals surface area (Å²) in [6.07, 6.45) is 7.30. The molecule has 0 fully saturated rings. The highest BCUT2D eigenvalue weighted by molar-refractivity contribution is 5.86. The second kappa shape index (κ2) is 8.80. The highest BCUT2D eigenvalue weighted by atomic mass is 16.5. The molecule has 1 aromatic carbocycles. The molecule has 4 nitrogen and oxygen atoms in total. The molecule has 0 bridgehead atoms. The first-order valence-corrected chi connectivity index (χ1v) is 6.59. The zero-order valence-electron chi connectivity index (χ0n) is 11.8. The van der Waals surface area contributed by atoms with E-state index in [-0.39, 0.29) is 0 Å². The van der Waals surface area contributed by atoms with Gasteiger partial charge in [-0.05, 0) is 31.6 Å². The topological polar surface area (TPSA) is 55.8 Å². The van der Waals surface area contributed by atoms with Gasteiger partial charge in [-0.2, -0.15) is 0 Å².